The molecule has 0 saturated carbocycles. The molecule has 3 N–H and O–H groups in total. The summed E-state index contributed by atoms with van der Waals surface area (Å²) in [5, 5.41) is 8.69. The first-order valence-electron chi connectivity index (χ1n) is 9.12. The van der Waals surface area contributed by atoms with Crippen LogP contribution in [-0.2, 0) is 10.4 Å². The Morgan fingerprint density at radius 2 is 1.12 bits per heavy atom. The van der Waals surface area contributed by atoms with Gasteiger partial charge in [0.2, 0.25) is 0 Å². The first-order valence-corrected chi connectivity index (χ1v) is 10.5. The molecular weight excluding hydrogens is 339 g/mol. The van der Waals surface area contributed by atoms with Crippen LogP contribution in [0.4, 0.5) is 0 Å². The third-order valence-electron chi connectivity index (χ3n) is 3.91. The van der Waals surface area contributed by atoms with Crippen LogP contribution in [0.2, 0.25) is 0 Å². The van der Waals surface area contributed by atoms with E-state index in [4.69, 9.17) is 22.6 Å². The molecule has 0 aromatic heterocycles. The van der Waals surface area contributed by atoms with Crippen molar-refractivity contribution < 1.29 is 53.6 Å². The zero-order chi connectivity index (χ0) is 18.0. The van der Waals surface area contributed by atoms with Gasteiger partial charge in [-0.1, -0.05) is 90.9 Å². The Morgan fingerprint density at radius 3 is 1.50 bits per heavy atom. The summed E-state index contributed by atoms with van der Waals surface area (Å²) in [6.45, 7) is 5.07. The van der Waals surface area contributed by atoms with E-state index in [1.807, 2.05) is 0 Å². The van der Waals surface area contributed by atoms with Crippen LogP contribution in [0.1, 0.15) is 98.7 Å². The maximum atomic E-state index is 8.74. The number of aliphatic hydroxyl groups is 1. The molecule has 144 valence electrons. The van der Waals surface area contributed by atoms with E-state index in [1.54, 1.807) is 0 Å². The molecule has 0 saturated heterocycles. The largest absolute Gasteiger partial charge is 1.00 e. The smallest absolute Gasteiger partial charge is 1.00 e. The Hall–Kier alpha value is 0.830. The molecule has 0 fully saturated rings. The van der Waals surface area contributed by atoms with Crippen molar-refractivity contribution in [2.75, 3.05) is 6.61 Å². The van der Waals surface area contributed by atoms with Crippen LogP contribution in [0.5, 0.6) is 0 Å². The minimum Gasteiger partial charge on any atom is -1.00 e. The minimum atomic E-state index is -4.67. The first-order chi connectivity index (χ1) is 10.8. The monoisotopic (exact) mass is 378 g/mol. The molecule has 0 radical (unpaired) electrons. The fraction of sp³-hybridized carbons (Fsp3) is 1.00. The topological polar surface area (TPSA) is 94.8 Å². The third-order valence-corrected chi connectivity index (χ3v) is 3.91. The van der Waals surface area contributed by atoms with Gasteiger partial charge in [0, 0.05) is 6.61 Å². The maximum absolute atomic E-state index is 8.74. The van der Waals surface area contributed by atoms with Gasteiger partial charge in [0.1, 0.15) is 0 Å². The number of aliphatic hydroxyl groups excluding tert-OH is 1. The van der Waals surface area contributed by atoms with Gasteiger partial charge in [-0.15, -0.1) is 0 Å². The van der Waals surface area contributed by atoms with E-state index >= 15 is 0 Å². The average Bonchev–Trinajstić information content (AvgIpc) is 2.44. The summed E-state index contributed by atoms with van der Waals surface area (Å²) in [6.07, 6.45) is 17.7. The van der Waals surface area contributed by atoms with Gasteiger partial charge in [0.15, 0.2) is 0 Å². The molecule has 7 heteroatoms. The van der Waals surface area contributed by atoms with E-state index in [0.717, 1.165) is 12.3 Å². The molecule has 0 heterocycles. The molecule has 0 aromatic rings. The van der Waals surface area contributed by atoms with E-state index in [2.05, 4.69) is 13.8 Å². The first kappa shape index (κ1) is 29.6. The van der Waals surface area contributed by atoms with Crippen LogP contribution in [-0.4, -0.2) is 29.2 Å². The molecule has 0 rings (SSSR count). The van der Waals surface area contributed by atoms with Gasteiger partial charge in [0.05, 0.1) is 0 Å². The summed E-state index contributed by atoms with van der Waals surface area (Å²) in [4.78, 5) is 0. The number of unbranched alkanes of at least 4 members (excludes halogenated alkanes) is 9. The maximum Gasteiger partial charge on any atom is 1.00 e. The molecule has 5 nitrogen and oxygen atoms in total. The molecule has 0 aliphatic heterocycles. The molecule has 1 atom stereocenters. The summed E-state index contributed by atoms with van der Waals surface area (Å²) in [7, 11) is -4.67. The Morgan fingerprint density at radius 1 is 0.792 bits per heavy atom. The van der Waals surface area contributed by atoms with Crippen LogP contribution >= 0.6 is 0 Å². The van der Waals surface area contributed by atoms with Crippen LogP contribution in [0.15, 0.2) is 0 Å². The Labute approximate surface area is 173 Å². The fourth-order valence-electron chi connectivity index (χ4n) is 2.55. The Bertz CT molecular complexity index is 305. The molecule has 0 aromatic carbocycles. The second-order valence-corrected chi connectivity index (χ2v) is 7.29. The zero-order valence-corrected chi connectivity index (χ0v) is 18.9. The Kier molecular flexibility index (Phi) is 27.0. The molecule has 0 spiro atoms. The van der Waals surface area contributed by atoms with Crippen molar-refractivity contribution >= 4 is 10.4 Å². The molecule has 0 aliphatic rings. The molecular formula is C17H39NaO5S. The Balaban J connectivity index is -0.000000276. The normalized spacial score (nSPS) is 12.0. The van der Waals surface area contributed by atoms with Crippen molar-refractivity contribution in [2.45, 2.75) is 97.3 Å². The summed E-state index contributed by atoms with van der Waals surface area (Å²) in [5.41, 5.74) is 0. The quantitative estimate of drug-likeness (QED) is 0.245. The second-order valence-electron chi connectivity index (χ2n) is 6.39. The van der Waals surface area contributed by atoms with Gasteiger partial charge in [-0.3, -0.25) is 9.11 Å². The molecule has 0 amide bonds. The summed E-state index contributed by atoms with van der Waals surface area (Å²) >= 11 is 0. The molecule has 1 unspecified atom stereocenters. The molecule has 0 aliphatic carbocycles. The van der Waals surface area contributed by atoms with Gasteiger partial charge >= 0.3 is 40.0 Å². The van der Waals surface area contributed by atoms with Crippen molar-refractivity contribution in [1.82, 2.24) is 0 Å². The standard InChI is InChI=1S/C17H36O.Na.H2O4S.H/c1-3-4-5-6-8-11-14-17(2)15-12-9-7-10-13-16-18;;1-5(2,3)4;/h17-18H,3-16H2,1-2H3;;(H2,1,2,3,4);/q;+1;;-1. The summed E-state index contributed by atoms with van der Waals surface area (Å²) in [5.74, 6) is 0.925. The van der Waals surface area contributed by atoms with Gasteiger partial charge in [-0.25, -0.2) is 0 Å². The van der Waals surface area contributed by atoms with E-state index in [-0.39, 0.29) is 31.0 Å². The fourth-order valence-corrected chi connectivity index (χ4v) is 2.55. The van der Waals surface area contributed by atoms with E-state index < -0.39 is 10.4 Å². The predicted molar refractivity (Wildman–Crippen MR) is 97.2 cm³/mol. The van der Waals surface area contributed by atoms with E-state index in [1.165, 1.54) is 77.0 Å². The van der Waals surface area contributed by atoms with Crippen LogP contribution in [0.25, 0.3) is 0 Å². The van der Waals surface area contributed by atoms with E-state index in [0.29, 0.717) is 6.61 Å². The summed E-state index contributed by atoms with van der Waals surface area (Å²) in [6, 6.07) is 0. The third kappa shape index (κ3) is 38.4. The average molecular weight is 379 g/mol. The second kappa shape index (κ2) is 21.9. The van der Waals surface area contributed by atoms with Crippen molar-refractivity contribution in [2.24, 2.45) is 5.92 Å². The van der Waals surface area contributed by atoms with Gasteiger partial charge < -0.3 is 6.53 Å². The van der Waals surface area contributed by atoms with Gasteiger partial charge in [-0.2, -0.15) is 8.42 Å². The van der Waals surface area contributed by atoms with Crippen LogP contribution in [0.3, 0.4) is 0 Å². The number of rotatable bonds is 14. The SMILES string of the molecule is CCCCCCCCC(C)CCCCCCCO.O=S(=O)(O)O.[H-].[Na+]. The van der Waals surface area contributed by atoms with Crippen molar-refractivity contribution in [3.8, 4) is 0 Å². The van der Waals surface area contributed by atoms with Crippen molar-refractivity contribution in [3.63, 3.8) is 0 Å². The van der Waals surface area contributed by atoms with Crippen LogP contribution in [0, 0.1) is 5.92 Å². The van der Waals surface area contributed by atoms with Gasteiger partial charge in [0.25, 0.3) is 0 Å². The molecule has 24 heavy (non-hydrogen) atoms. The minimum absolute atomic E-state index is 0. The van der Waals surface area contributed by atoms with Crippen molar-refractivity contribution in [1.29, 1.82) is 0 Å². The van der Waals surface area contributed by atoms with E-state index in [9.17, 15) is 0 Å². The zero-order valence-electron chi connectivity index (χ0n) is 17.0. The predicted octanol–water partition coefficient (Wildman–Crippen LogP) is 2.17. The van der Waals surface area contributed by atoms with Crippen molar-refractivity contribution in [3.05, 3.63) is 0 Å². The van der Waals surface area contributed by atoms with Crippen LogP contribution < -0.4 is 29.6 Å². The number of hydrogen-bond acceptors (Lipinski definition) is 3. The summed E-state index contributed by atoms with van der Waals surface area (Å²) < 4.78 is 31.6. The van der Waals surface area contributed by atoms with Gasteiger partial charge in [-0.05, 0) is 12.3 Å². The number of hydrogen-bond donors (Lipinski definition) is 3. The molecule has 0 bridgehead atoms.